The normalized spacial score (nSPS) is 24.5. The van der Waals surface area contributed by atoms with Crippen LogP contribution in [0.4, 0.5) is 0 Å². The Morgan fingerprint density at radius 3 is 2.76 bits per heavy atom. The van der Waals surface area contributed by atoms with E-state index < -0.39 is 0 Å². The van der Waals surface area contributed by atoms with Gasteiger partial charge in [-0.05, 0) is 31.5 Å². The minimum absolute atomic E-state index is 0.172. The molecule has 116 valence electrons. The molecule has 0 aromatic heterocycles. The van der Waals surface area contributed by atoms with E-state index in [-0.39, 0.29) is 11.9 Å². The molecule has 4 heteroatoms. The van der Waals surface area contributed by atoms with Gasteiger partial charge in [0.15, 0.2) is 0 Å². The first-order chi connectivity index (χ1) is 10.1. The third-order valence-electron chi connectivity index (χ3n) is 4.38. The van der Waals surface area contributed by atoms with Crippen LogP contribution in [-0.4, -0.2) is 50.7 Å². The Kier molecular flexibility index (Phi) is 5.76. The average molecular weight is 290 g/mol. The summed E-state index contributed by atoms with van der Waals surface area (Å²) in [5.74, 6) is 0.190. The average Bonchev–Trinajstić information content (AvgIpc) is 2.50. The van der Waals surface area contributed by atoms with Gasteiger partial charge < -0.3 is 15.0 Å². The van der Waals surface area contributed by atoms with E-state index in [9.17, 15) is 4.79 Å². The molecule has 1 fully saturated rings. The molecule has 1 saturated heterocycles. The molecule has 1 aliphatic heterocycles. The number of benzene rings is 1. The van der Waals surface area contributed by atoms with Gasteiger partial charge in [0.2, 0.25) is 0 Å². The van der Waals surface area contributed by atoms with E-state index in [1.54, 1.807) is 0 Å². The predicted molar refractivity (Wildman–Crippen MR) is 84.3 cm³/mol. The van der Waals surface area contributed by atoms with Crippen molar-refractivity contribution >= 4 is 5.97 Å². The molecule has 0 radical (unpaired) electrons. The standard InChI is InChI=1S/C17H26N2O2/c1-13-12-19(2)10-9-16(13)18-11-15(17(20)21-3)14-7-5-4-6-8-14/h4-8,13,15-16,18H,9-12H2,1-3H3. The molecule has 1 aliphatic rings. The number of hydrogen-bond donors (Lipinski definition) is 1. The Labute approximate surface area is 127 Å². The number of esters is 1. The second-order valence-electron chi connectivity index (χ2n) is 6.03. The molecule has 0 bridgehead atoms. The summed E-state index contributed by atoms with van der Waals surface area (Å²) in [6, 6.07) is 10.3. The van der Waals surface area contributed by atoms with Crippen molar-refractivity contribution in [3.05, 3.63) is 35.9 Å². The maximum Gasteiger partial charge on any atom is 0.314 e. The third kappa shape index (κ3) is 4.29. The van der Waals surface area contributed by atoms with Gasteiger partial charge in [-0.2, -0.15) is 0 Å². The van der Waals surface area contributed by atoms with Crippen LogP contribution >= 0.6 is 0 Å². The van der Waals surface area contributed by atoms with Gasteiger partial charge >= 0.3 is 5.97 Å². The summed E-state index contributed by atoms with van der Waals surface area (Å²) in [6.45, 7) is 5.11. The Morgan fingerprint density at radius 1 is 1.43 bits per heavy atom. The van der Waals surface area contributed by atoms with E-state index in [0.717, 1.165) is 25.1 Å². The van der Waals surface area contributed by atoms with Gasteiger partial charge in [-0.3, -0.25) is 4.79 Å². The largest absolute Gasteiger partial charge is 0.469 e. The van der Waals surface area contributed by atoms with Crippen molar-refractivity contribution in [3.8, 4) is 0 Å². The fraction of sp³-hybridized carbons (Fsp3) is 0.588. The highest BCUT2D eigenvalue weighted by molar-refractivity contribution is 5.78. The number of methoxy groups -OCH3 is 1. The van der Waals surface area contributed by atoms with Crippen LogP contribution in [0.15, 0.2) is 30.3 Å². The molecule has 0 saturated carbocycles. The maximum absolute atomic E-state index is 12.0. The molecule has 0 aliphatic carbocycles. The topological polar surface area (TPSA) is 41.6 Å². The summed E-state index contributed by atoms with van der Waals surface area (Å²) in [6.07, 6.45) is 1.13. The minimum atomic E-state index is -0.233. The van der Waals surface area contributed by atoms with Crippen LogP contribution in [0.5, 0.6) is 0 Å². The summed E-state index contributed by atoms with van der Waals surface area (Å²) >= 11 is 0. The summed E-state index contributed by atoms with van der Waals surface area (Å²) < 4.78 is 4.96. The molecule has 2 rings (SSSR count). The van der Waals surface area contributed by atoms with Crippen molar-refractivity contribution < 1.29 is 9.53 Å². The number of carbonyl (C=O) groups excluding carboxylic acids is 1. The van der Waals surface area contributed by atoms with E-state index in [1.807, 2.05) is 30.3 Å². The van der Waals surface area contributed by atoms with E-state index >= 15 is 0 Å². The van der Waals surface area contributed by atoms with Gasteiger partial charge in [-0.15, -0.1) is 0 Å². The first-order valence-electron chi connectivity index (χ1n) is 7.66. The van der Waals surface area contributed by atoms with E-state index in [0.29, 0.717) is 18.5 Å². The lowest BCUT2D eigenvalue weighted by molar-refractivity contribution is -0.142. The van der Waals surface area contributed by atoms with Crippen LogP contribution in [-0.2, 0) is 9.53 Å². The predicted octanol–water partition coefficient (Wildman–Crippen LogP) is 1.87. The summed E-state index contributed by atoms with van der Waals surface area (Å²) in [7, 11) is 3.62. The lowest BCUT2D eigenvalue weighted by atomic mass is 9.92. The first-order valence-corrected chi connectivity index (χ1v) is 7.66. The molecule has 1 aromatic rings. The van der Waals surface area contributed by atoms with Crippen molar-refractivity contribution in [2.45, 2.75) is 25.3 Å². The van der Waals surface area contributed by atoms with Crippen molar-refractivity contribution in [1.29, 1.82) is 0 Å². The lowest BCUT2D eigenvalue weighted by Crippen LogP contribution is -2.48. The molecule has 1 N–H and O–H groups in total. The smallest absolute Gasteiger partial charge is 0.314 e. The minimum Gasteiger partial charge on any atom is -0.469 e. The van der Waals surface area contributed by atoms with Crippen molar-refractivity contribution in [2.24, 2.45) is 5.92 Å². The SMILES string of the molecule is COC(=O)C(CNC1CCN(C)CC1C)c1ccccc1. The number of ether oxygens (including phenoxy) is 1. The van der Waals surface area contributed by atoms with Gasteiger partial charge in [0.25, 0.3) is 0 Å². The Balaban J connectivity index is 1.98. The van der Waals surface area contributed by atoms with Gasteiger partial charge in [0.05, 0.1) is 13.0 Å². The number of likely N-dealkylation sites (tertiary alicyclic amines) is 1. The van der Waals surface area contributed by atoms with Crippen molar-refractivity contribution in [1.82, 2.24) is 10.2 Å². The van der Waals surface area contributed by atoms with Crippen LogP contribution in [0.3, 0.4) is 0 Å². The highest BCUT2D eigenvalue weighted by atomic mass is 16.5. The molecule has 0 spiro atoms. The molecule has 0 amide bonds. The number of nitrogens with one attached hydrogen (secondary N) is 1. The number of piperidine rings is 1. The molecule has 3 unspecified atom stereocenters. The molecular formula is C17H26N2O2. The van der Waals surface area contributed by atoms with Gasteiger partial charge in [-0.1, -0.05) is 37.3 Å². The zero-order chi connectivity index (χ0) is 15.2. The van der Waals surface area contributed by atoms with Crippen LogP contribution in [0, 0.1) is 5.92 Å². The molecular weight excluding hydrogens is 264 g/mol. The number of rotatable bonds is 5. The van der Waals surface area contributed by atoms with Gasteiger partial charge in [0, 0.05) is 19.1 Å². The maximum atomic E-state index is 12.0. The molecule has 21 heavy (non-hydrogen) atoms. The van der Waals surface area contributed by atoms with Gasteiger partial charge in [-0.25, -0.2) is 0 Å². The van der Waals surface area contributed by atoms with Crippen LogP contribution < -0.4 is 5.32 Å². The highest BCUT2D eigenvalue weighted by Gasteiger charge is 2.27. The van der Waals surface area contributed by atoms with Gasteiger partial charge in [0.1, 0.15) is 0 Å². The fourth-order valence-electron chi connectivity index (χ4n) is 3.09. The Morgan fingerprint density at radius 2 is 2.14 bits per heavy atom. The number of nitrogens with zero attached hydrogens (tertiary/aromatic N) is 1. The van der Waals surface area contributed by atoms with Crippen molar-refractivity contribution in [2.75, 3.05) is 33.8 Å². The summed E-state index contributed by atoms with van der Waals surface area (Å²) in [4.78, 5) is 14.4. The zero-order valence-electron chi connectivity index (χ0n) is 13.2. The quantitative estimate of drug-likeness (QED) is 0.841. The highest BCUT2D eigenvalue weighted by Crippen LogP contribution is 2.19. The van der Waals surface area contributed by atoms with E-state index in [4.69, 9.17) is 4.74 Å². The number of carbonyl (C=O) groups is 1. The van der Waals surface area contributed by atoms with E-state index in [1.165, 1.54) is 7.11 Å². The summed E-state index contributed by atoms with van der Waals surface area (Å²) in [5.41, 5.74) is 1.01. The Hall–Kier alpha value is -1.39. The monoisotopic (exact) mass is 290 g/mol. The molecule has 4 nitrogen and oxygen atoms in total. The second-order valence-corrected chi connectivity index (χ2v) is 6.03. The molecule has 1 aromatic carbocycles. The van der Waals surface area contributed by atoms with Crippen LogP contribution in [0.25, 0.3) is 0 Å². The lowest BCUT2D eigenvalue weighted by Gasteiger charge is -2.36. The third-order valence-corrected chi connectivity index (χ3v) is 4.38. The van der Waals surface area contributed by atoms with Crippen LogP contribution in [0.1, 0.15) is 24.8 Å². The molecule has 3 atom stereocenters. The Bertz CT molecular complexity index is 449. The second kappa shape index (κ2) is 7.57. The van der Waals surface area contributed by atoms with Crippen LogP contribution in [0.2, 0.25) is 0 Å². The summed E-state index contributed by atoms with van der Waals surface area (Å²) in [5, 5.41) is 3.58. The zero-order valence-corrected chi connectivity index (χ0v) is 13.2. The first kappa shape index (κ1) is 16.0. The van der Waals surface area contributed by atoms with E-state index in [2.05, 4.69) is 24.2 Å². The number of hydrogen-bond acceptors (Lipinski definition) is 4. The van der Waals surface area contributed by atoms with Crippen molar-refractivity contribution in [3.63, 3.8) is 0 Å². The molecule has 1 heterocycles. The fourth-order valence-corrected chi connectivity index (χ4v) is 3.09.